The van der Waals surface area contributed by atoms with Crippen molar-refractivity contribution in [3.63, 3.8) is 0 Å². The fourth-order valence-electron chi connectivity index (χ4n) is 1.73. The predicted molar refractivity (Wildman–Crippen MR) is 94.5 cm³/mol. The number of rotatable bonds is 3. The zero-order valence-corrected chi connectivity index (χ0v) is 13.4. The van der Waals surface area contributed by atoms with Crippen molar-refractivity contribution in [2.45, 2.75) is 4.90 Å². The van der Waals surface area contributed by atoms with Crippen LogP contribution in [0.15, 0.2) is 70.9 Å². The van der Waals surface area contributed by atoms with Gasteiger partial charge in [-0.3, -0.25) is 9.17 Å². The monoisotopic (exact) mass is 326 g/mol. The van der Waals surface area contributed by atoms with Gasteiger partial charge in [0, 0.05) is 10.6 Å². The maximum atomic E-state index is 10.9. The molecule has 22 heavy (non-hydrogen) atoms. The Balaban J connectivity index is 0.000000162. The molecule has 0 saturated carbocycles. The largest absolute Gasteiger partial charge is 0.277 e. The van der Waals surface area contributed by atoms with E-state index in [2.05, 4.69) is 17.0 Å². The third-order valence-electron chi connectivity index (χ3n) is 2.75. The first kappa shape index (κ1) is 16.1. The smallest absolute Gasteiger partial charge is 0.265 e. The van der Waals surface area contributed by atoms with Gasteiger partial charge in [0.25, 0.3) is 5.56 Å². The van der Waals surface area contributed by atoms with Gasteiger partial charge < -0.3 is 0 Å². The Morgan fingerprint density at radius 1 is 1.23 bits per heavy atom. The summed E-state index contributed by atoms with van der Waals surface area (Å²) in [5.41, 5.74) is 0.755. The van der Waals surface area contributed by atoms with Crippen LogP contribution in [-0.2, 0) is 0 Å². The molecule has 0 aliphatic rings. The maximum Gasteiger partial charge on any atom is 0.265 e. The molecule has 2 aromatic carbocycles. The van der Waals surface area contributed by atoms with E-state index in [1.165, 1.54) is 11.5 Å². The first-order chi connectivity index (χ1) is 10.8. The van der Waals surface area contributed by atoms with Gasteiger partial charge in [0.1, 0.15) is 6.07 Å². The van der Waals surface area contributed by atoms with Crippen LogP contribution in [0.4, 0.5) is 0 Å². The highest BCUT2D eigenvalue weighted by atomic mass is 32.2. The second-order valence-electron chi connectivity index (χ2n) is 4.24. The van der Waals surface area contributed by atoms with Crippen molar-refractivity contribution in [3.8, 4) is 6.07 Å². The molecule has 3 rings (SSSR count). The summed E-state index contributed by atoms with van der Waals surface area (Å²) in [6, 6.07) is 17.3. The summed E-state index contributed by atoms with van der Waals surface area (Å²) in [6.07, 6.45) is 1.83. The average Bonchev–Trinajstić information content (AvgIpc) is 2.95. The number of nitrogens with zero attached hydrogens (tertiary/aromatic N) is 1. The van der Waals surface area contributed by atoms with Gasteiger partial charge in [0.15, 0.2) is 0 Å². The van der Waals surface area contributed by atoms with Crippen LogP contribution in [0.2, 0.25) is 0 Å². The molecule has 5 heteroatoms. The van der Waals surface area contributed by atoms with E-state index in [0.29, 0.717) is 0 Å². The standard InChI is InChI=1S/C10H9NS.C7H5NOS/c1-2-7-12-10-6-4-3-5-9(10)8-11;9-7-5-3-1-2-4-6(5)10-8-7/h2-6H,1,7H2;1-4H,(H,8,9). The molecule has 0 spiro atoms. The van der Waals surface area contributed by atoms with Crippen molar-refractivity contribution in [1.29, 1.82) is 5.26 Å². The molecule has 1 N–H and O–H groups in total. The van der Waals surface area contributed by atoms with Crippen LogP contribution < -0.4 is 5.56 Å². The number of nitriles is 1. The van der Waals surface area contributed by atoms with Crippen molar-refractivity contribution in [2.24, 2.45) is 0 Å². The van der Waals surface area contributed by atoms with Crippen LogP contribution in [0.5, 0.6) is 0 Å². The number of hydrogen-bond donors (Lipinski definition) is 1. The van der Waals surface area contributed by atoms with Crippen molar-refractivity contribution < 1.29 is 0 Å². The zero-order chi connectivity index (χ0) is 15.8. The Hall–Kier alpha value is -2.29. The Morgan fingerprint density at radius 3 is 2.68 bits per heavy atom. The molecule has 0 aliphatic heterocycles. The molecule has 0 amide bonds. The molecular formula is C17H14N2OS2. The van der Waals surface area contributed by atoms with Gasteiger partial charge in [0.05, 0.1) is 15.6 Å². The number of aromatic nitrogens is 1. The van der Waals surface area contributed by atoms with E-state index in [-0.39, 0.29) is 5.56 Å². The van der Waals surface area contributed by atoms with Crippen LogP contribution in [0.3, 0.4) is 0 Å². The molecule has 0 aliphatic carbocycles. The second-order valence-corrected chi connectivity index (χ2v) is 6.15. The van der Waals surface area contributed by atoms with E-state index in [1.54, 1.807) is 11.8 Å². The molecule has 0 unspecified atom stereocenters. The van der Waals surface area contributed by atoms with Crippen LogP contribution in [0.1, 0.15) is 5.56 Å². The van der Waals surface area contributed by atoms with Crippen molar-refractivity contribution in [3.05, 3.63) is 77.1 Å². The lowest BCUT2D eigenvalue weighted by atomic mass is 10.2. The zero-order valence-electron chi connectivity index (χ0n) is 11.8. The van der Waals surface area contributed by atoms with Gasteiger partial charge in [-0.15, -0.1) is 18.3 Å². The minimum Gasteiger partial charge on any atom is -0.277 e. The fourth-order valence-corrected chi connectivity index (χ4v) is 3.20. The highest BCUT2D eigenvalue weighted by Gasteiger charge is 1.98. The summed E-state index contributed by atoms with van der Waals surface area (Å²) in [5, 5.41) is 9.51. The molecule has 1 aromatic heterocycles. The molecule has 0 bridgehead atoms. The van der Waals surface area contributed by atoms with Crippen LogP contribution in [0.25, 0.3) is 10.1 Å². The van der Waals surface area contributed by atoms with E-state index in [4.69, 9.17) is 5.26 Å². The Labute approximate surface area is 137 Å². The molecule has 0 atom stereocenters. The first-order valence-electron chi connectivity index (χ1n) is 6.55. The summed E-state index contributed by atoms with van der Waals surface area (Å²) in [4.78, 5) is 12.0. The number of thioether (sulfide) groups is 1. The predicted octanol–water partition coefficient (Wildman–Crippen LogP) is 4.43. The summed E-state index contributed by atoms with van der Waals surface area (Å²) >= 11 is 3.01. The quantitative estimate of drug-likeness (QED) is 0.572. The number of hydrogen-bond acceptors (Lipinski definition) is 4. The van der Waals surface area contributed by atoms with Gasteiger partial charge in [-0.1, -0.05) is 41.9 Å². The topological polar surface area (TPSA) is 56.6 Å². The highest BCUT2D eigenvalue weighted by Crippen LogP contribution is 2.21. The van der Waals surface area contributed by atoms with E-state index in [0.717, 1.165) is 26.3 Å². The van der Waals surface area contributed by atoms with E-state index in [1.807, 2.05) is 54.6 Å². The Morgan fingerprint density at radius 2 is 1.95 bits per heavy atom. The maximum absolute atomic E-state index is 10.9. The van der Waals surface area contributed by atoms with Crippen LogP contribution in [-0.4, -0.2) is 10.1 Å². The van der Waals surface area contributed by atoms with Gasteiger partial charge in [0.2, 0.25) is 0 Å². The Kier molecular flexibility index (Phi) is 6.01. The van der Waals surface area contributed by atoms with Crippen molar-refractivity contribution >= 4 is 33.4 Å². The van der Waals surface area contributed by atoms with Gasteiger partial charge in [-0.05, 0) is 24.3 Å². The van der Waals surface area contributed by atoms with E-state index < -0.39 is 0 Å². The highest BCUT2D eigenvalue weighted by molar-refractivity contribution is 7.99. The van der Waals surface area contributed by atoms with Gasteiger partial charge in [-0.25, -0.2) is 0 Å². The van der Waals surface area contributed by atoms with Crippen molar-refractivity contribution in [1.82, 2.24) is 4.37 Å². The third kappa shape index (κ3) is 4.10. The molecule has 0 radical (unpaired) electrons. The van der Waals surface area contributed by atoms with E-state index >= 15 is 0 Å². The lowest BCUT2D eigenvalue weighted by Gasteiger charge is -1.99. The molecule has 3 aromatic rings. The fraction of sp³-hybridized carbons (Fsp3) is 0.0588. The lowest BCUT2D eigenvalue weighted by Crippen LogP contribution is -1.94. The third-order valence-corrected chi connectivity index (χ3v) is 4.68. The molecular weight excluding hydrogens is 312 g/mol. The number of fused-ring (bicyclic) bond motifs is 1. The van der Waals surface area contributed by atoms with E-state index in [9.17, 15) is 4.79 Å². The normalized spacial score (nSPS) is 9.59. The van der Waals surface area contributed by atoms with Gasteiger partial charge >= 0.3 is 0 Å². The number of benzene rings is 2. The molecule has 0 fully saturated rings. The SMILES string of the molecule is C=CCSc1ccccc1C#N.O=c1[nH]sc2ccccc12. The lowest BCUT2D eigenvalue weighted by molar-refractivity contribution is 1.37. The number of aromatic amines is 1. The summed E-state index contributed by atoms with van der Waals surface area (Å²) in [7, 11) is 0. The molecule has 0 saturated heterocycles. The van der Waals surface area contributed by atoms with Crippen LogP contribution in [0, 0.1) is 11.3 Å². The Bertz CT molecular complexity index is 858. The molecule has 110 valence electrons. The summed E-state index contributed by atoms with van der Waals surface area (Å²) < 4.78 is 3.68. The van der Waals surface area contributed by atoms with Crippen molar-refractivity contribution in [2.75, 3.05) is 5.75 Å². The number of nitrogens with one attached hydrogen (secondary N) is 1. The minimum absolute atomic E-state index is 0.0144. The molecule has 3 nitrogen and oxygen atoms in total. The first-order valence-corrected chi connectivity index (χ1v) is 8.35. The summed E-state index contributed by atoms with van der Waals surface area (Å²) in [6.45, 7) is 3.63. The summed E-state index contributed by atoms with van der Waals surface area (Å²) in [5.74, 6) is 0.846. The van der Waals surface area contributed by atoms with Gasteiger partial charge in [-0.2, -0.15) is 5.26 Å². The minimum atomic E-state index is 0.0144. The molecule has 1 heterocycles. The average molecular weight is 326 g/mol. The van der Waals surface area contributed by atoms with Crippen LogP contribution >= 0.6 is 23.3 Å². The number of H-pyrrole nitrogens is 1. The second kappa shape index (κ2) is 8.23.